The first kappa shape index (κ1) is 18.0. The van der Waals surface area contributed by atoms with Crippen LogP contribution < -0.4 is 0 Å². The van der Waals surface area contributed by atoms with E-state index in [1.165, 1.54) is 57.8 Å². The predicted molar refractivity (Wildman–Crippen MR) is 92.8 cm³/mol. The lowest BCUT2D eigenvalue weighted by molar-refractivity contribution is 0.158. The lowest BCUT2D eigenvalue weighted by Gasteiger charge is -2.39. The molecule has 0 heterocycles. The van der Waals surface area contributed by atoms with Gasteiger partial charge in [-0.1, -0.05) is 58.6 Å². The van der Waals surface area contributed by atoms with Crippen molar-refractivity contribution in [1.29, 1.82) is 0 Å². The van der Waals surface area contributed by atoms with Crippen LogP contribution in [-0.4, -0.2) is 14.4 Å². The van der Waals surface area contributed by atoms with Crippen molar-refractivity contribution in [2.75, 3.05) is 0 Å². The van der Waals surface area contributed by atoms with E-state index in [0.29, 0.717) is 11.1 Å². The van der Waals surface area contributed by atoms with E-state index in [2.05, 4.69) is 46.0 Å². The van der Waals surface area contributed by atoms with Crippen LogP contribution >= 0.6 is 0 Å². The van der Waals surface area contributed by atoms with Crippen LogP contribution in [0.3, 0.4) is 0 Å². The first-order chi connectivity index (χ1) is 9.33. The summed E-state index contributed by atoms with van der Waals surface area (Å²) in [5.41, 5.74) is 0. The lowest BCUT2D eigenvalue weighted by atomic mass is 10.0. The molecule has 0 aromatic carbocycles. The average molecular weight is 297 g/mol. The maximum atomic E-state index is 6.65. The monoisotopic (exact) mass is 296 g/mol. The van der Waals surface area contributed by atoms with Crippen molar-refractivity contribution in [3.63, 3.8) is 0 Å². The van der Waals surface area contributed by atoms with E-state index < -0.39 is 8.32 Å². The van der Waals surface area contributed by atoms with E-state index in [1.54, 1.807) is 0 Å². The van der Waals surface area contributed by atoms with Gasteiger partial charge in [0.15, 0.2) is 8.32 Å². The first-order valence-electron chi connectivity index (χ1n) is 8.66. The molecule has 0 amide bonds. The Labute approximate surface area is 128 Å². The fourth-order valence-electron chi connectivity index (χ4n) is 2.54. The Hall–Kier alpha value is -0.0831. The van der Waals surface area contributed by atoms with Crippen LogP contribution in [0.2, 0.25) is 18.1 Å². The molecular weight excluding hydrogens is 260 g/mol. The Balaban J connectivity index is 2.57. The Morgan fingerprint density at radius 2 is 1.45 bits per heavy atom. The van der Waals surface area contributed by atoms with Crippen LogP contribution in [0.5, 0.6) is 0 Å². The van der Waals surface area contributed by atoms with Crippen molar-refractivity contribution in [2.24, 2.45) is 0 Å². The van der Waals surface area contributed by atoms with Crippen molar-refractivity contribution < 1.29 is 4.43 Å². The summed E-state index contributed by atoms with van der Waals surface area (Å²) in [5, 5.41) is 0.326. The molecule has 0 saturated heterocycles. The molecule has 0 bridgehead atoms. The van der Waals surface area contributed by atoms with Crippen molar-refractivity contribution in [1.82, 2.24) is 0 Å². The van der Waals surface area contributed by atoms with Crippen molar-refractivity contribution in [2.45, 2.75) is 103 Å². The molecule has 1 unspecified atom stereocenters. The topological polar surface area (TPSA) is 9.23 Å². The number of allylic oxidation sites excluding steroid dienone is 2. The van der Waals surface area contributed by atoms with Gasteiger partial charge in [-0.05, 0) is 50.2 Å². The van der Waals surface area contributed by atoms with E-state index >= 15 is 0 Å². The Morgan fingerprint density at radius 1 is 0.850 bits per heavy atom. The van der Waals surface area contributed by atoms with Crippen LogP contribution in [0.25, 0.3) is 0 Å². The minimum atomic E-state index is -1.61. The largest absolute Gasteiger partial charge is 0.414 e. The summed E-state index contributed by atoms with van der Waals surface area (Å²) in [7, 11) is -1.61. The fourth-order valence-corrected chi connectivity index (χ4v) is 3.96. The lowest BCUT2D eigenvalue weighted by Crippen LogP contribution is -2.44. The summed E-state index contributed by atoms with van der Waals surface area (Å²) in [5.74, 6) is 0. The molecular formula is C18H36OSi. The van der Waals surface area contributed by atoms with Crippen molar-refractivity contribution in [3.8, 4) is 0 Å². The molecule has 0 N–H and O–H groups in total. The molecule has 1 aliphatic rings. The van der Waals surface area contributed by atoms with E-state index in [1.807, 2.05) is 0 Å². The quantitative estimate of drug-likeness (QED) is 0.420. The highest BCUT2D eigenvalue weighted by Gasteiger charge is 2.38. The molecule has 2 heteroatoms. The second kappa shape index (κ2) is 8.38. The minimum Gasteiger partial charge on any atom is -0.414 e. The van der Waals surface area contributed by atoms with Crippen LogP contribution in [0.1, 0.15) is 78.6 Å². The van der Waals surface area contributed by atoms with Crippen LogP contribution in [0.4, 0.5) is 0 Å². The molecule has 1 atom stereocenters. The van der Waals surface area contributed by atoms with Gasteiger partial charge in [0.25, 0.3) is 0 Å². The fraction of sp³-hybridized carbons (Fsp3) is 0.889. The number of hydrogen-bond donors (Lipinski definition) is 0. The number of rotatable bonds is 2. The standard InChI is InChI=1S/C18H36OSi/c1-18(2,3)20(4,5)19-17-15-13-11-9-7-6-8-10-12-14-16-17/h9,11,17H,6-8,10,12-16H2,1-5H3/b11-9-. The Kier molecular flexibility index (Phi) is 7.53. The second-order valence-electron chi connectivity index (χ2n) is 7.89. The molecule has 0 saturated carbocycles. The first-order valence-corrected chi connectivity index (χ1v) is 11.6. The molecule has 0 aliphatic heterocycles. The third-order valence-corrected chi connectivity index (χ3v) is 9.52. The SMILES string of the molecule is CC(C)(C)[Si](C)(C)OC1CC/C=C\CCCCCCC1. The van der Waals surface area contributed by atoms with Gasteiger partial charge in [-0.3, -0.25) is 0 Å². The van der Waals surface area contributed by atoms with Gasteiger partial charge >= 0.3 is 0 Å². The number of hydrogen-bond acceptors (Lipinski definition) is 1. The zero-order valence-electron chi connectivity index (χ0n) is 14.5. The second-order valence-corrected chi connectivity index (χ2v) is 12.7. The molecule has 1 nitrogen and oxygen atoms in total. The average Bonchev–Trinajstić information content (AvgIpc) is 2.31. The molecule has 0 fully saturated rings. The highest BCUT2D eigenvalue weighted by molar-refractivity contribution is 6.74. The molecule has 0 radical (unpaired) electrons. The summed E-state index contributed by atoms with van der Waals surface area (Å²) >= 11 is 0. The van der Waals surface area contributed by atoms with Crippen LogP contribution in [0, 0.1) is 0 Å². The minimum absolute atomic E-state index is 0.326. The van der Waals surface area contributed by atoms with E-state index in [0.717, 1.165) is 0 Å². The zero-order valence-corrected chi connectivity index (χ0v) is 15.5. The predicted octanol–water partition coefficient (Wildman–Crippen LogP) is 6.46. The van der Waals surface area contributed by atoms with E-state index in [-0.39, 0.29) is 0 Å². The maximum absolute atomic E-state index is 6.65. The zero-order chi connectivity index (χ0) is 15.1. The summed E-state index contributed by atoms with van der Waals surface area (Å²) in [6.45, 7) is 11.8. The van der Waals surface area contributed by atoms with Gasteiger partial charge in [0.1, 0.15) is 0 Å². The molecule has 20 heavy (non-hydrogen) atoms. The van der Waals surface area contributed by atoms with Gasteiger partial charge in [-0.25, -0.2) is 0 Å². The van der Waals surface area contributed by atoms with Gasteiger partial charge in [-0.2, -0.15) is 0 Å². The highest BCUT2D eigenvalue weighted by Crippen LogP contribution is 2.38. The smallest absolute Gasteiger partial charge is 0.192 e. The summed E-state index contributed by atoms with van der Waals surface area (Å²) in [6.07, 6.45) is 17.1. The molecule has 1 rings (SSSR count). The van der Waals surface area contributed by atoms with Gasteiger partial charge in [0.2, 0.25) is 0 Å². The molecule has 118 valence electrons. The maximum Gasteiger partial charge on any atom is 0.192 e. The third kappa shape index (κ3) is 6.58. The molecule has 0 spiro atoms. The Morgan fingerprint density at radius 3 is 2.15 bits per heavy atom. The third-order valence-electron chi connectivity index (χ3n) is 4.99. The van der Waals surface area contributed by atoms with Crippen LogP contribution in [0.15, 0.2) is 12.2 Å². The summed E-state index contributed by atoms with van der Waals surface area (Å²) in [4.78, 5) is 0. The van der Waals surface area contributed by atoms with E-state index in [4.69, 9.17) is 4.43 Å². The van der Waals surface area contributed by atoms with Gasteiger partial charge in [-0.15, -0.1) is 0 Å². The van der Waals surface area contributed by atoms with Crippen LogP contribution in [-0.2, 0) is 4.43 Å². The summed E-state index contributed by atoms with van der Waals surface area (Å²) in [6, 6.07) is 0. The summed E-state index contributed by atoms with van der Waals surface area (Å²) < 4.78 is 6.65. The van der Waals surface area contributed by atoms with E-state index in [9.17, 15) is 0 Å². The molecule has 1 aliphatic carbocycles. The van der Waals surface area contributed by atoms with Gasteiger partial charge < -0.3 is 4.43 Å². The van der Waals surface area contributed by atoms with Gasteiger partial charge in [0.05, 0.1) is 0 Å². The normalized spacial score (nSPS) is 25.6. The Bertz CT molecular complexity index is 288. The molecule has 0 aromatic heterocycles. The van der Waals surface area contributed by atoms with Crippen molar-refractivity contribution in [3.05, 3.63) is 12.2 Å². The van der Waals surface area contributed by atoms with Gasteiger partial charge in [0, 0.05) is 6.10 Å². The van der Waals surface area contributed by atoms with Crippen molar-refractivity contribution >= 4 is 8.32 Å². The highest BCUT2D eigenvalue weighted by atomic mass is 28.4. The molecule has 0 aromatic rings.